The summed E-state index contributed by atoms with van der Waals surface area (Å²) in [4.78, 5) is 23.9. The van der Waals surface area contributed by atoms with E-state index in [2.05, 4.69) is 32.1 Å². The number of carbonyl (C=O) groups excluding carboxylic acids is 2. The van der Waals surface area contributed by atoms with E-state index >= 15 is 0 Å². The molecule has 0 rings (SSSR count). The van der Waals surface area contributed by atoms with Crippen LogP contribution >= 0.6 is 0 Å². The number of allylic oxidation sites excluding steroid dienone is 5. The van der Waals surface area contributed by atoms with Gasteiger partial charge in [-0.25, -0.2) is 0 Å². The van der Waals surface area contributed by atoms with Gasteiger partial charge in [0.15, 0.2) is 0 Å². The fourth-order valence-electron chi connectivity index (χ4n) is 5.33. The van der Waals surface area contributed by atoms with E-state index in [9.17, 15) is 19.8 Å². The Kier molecular flexibility index (Phi) is 34.4. The molecular formula is C40H72O6. The summed E-state index contributed by atoms with van der Waals surface area (Å²) in [6.07, 6.45) is 39.3. The third-order valence-corrected chi connectivity index (χ3v) is 8.24. The zero-order valence-electron chi connectivity index (χ0n) is 29.9. The normalized spacial score (nSPS) is 13.2. The third kappa shape index (κ3) is 34.9. The van der Waals surface area contributed by atoms with Crippen LogP contribution in [-0.4, -0.2) is 47.6 Å². The third-order valence-electron chi connectivity index (χ3n) is 8.24. The van der Waals surface area contributed by atoms with Crippen LogP contribution in [0.4, 0.5) is 0 Å². The summed E-state index contributed by atoms with van der Waals surface area (Å²) in [5.41, 5.74) is 0. The molecule has 0 aliphatic heterocycles. The summed E-state index contributed by atoms with van der Waals surface area (Å²) in [6, 6.07) is 0. The van der Waals surface area contributed by atoms with Crippen molar-refractivity contribution in [3.63, 3.8) is 0 Å². The lowest BCUT2D eigenvalue weighted by atomic mass is 10.0. The van der Waals surface area contributed by atoms with Crippen LogP contribution in [0.2, 0.25) is 0 Å². The van der Waals surface area contributed by atoms with Gasteiger partial charge < -0.3 is 19.7 Å². The van der Waals surface area contributed by atoms with E-state index in [1.807, 2.05) is 18.2 Å². The SMILES string of the molecule is CC/C=C/C/C=C/C=C/C(O)CCCCCCCC(=O)OC[C@@H](O)COC(=O)CCCCCCCCCCCCCCCCCC. The topological polar surface area (TPSA) is 93.1 Å². The molecule has 6 heteroatoms. The molecule has 0 saturated heterocycles. The lowest BCUT2D eigenvalue weighted by molar-refractivity contribution is -0.152. The van der Waals surface area contributed by atoms with Crippen LogP contribution in [0.1, 0.15) is 181 Å². The van der Waals surface area contributed by atoms with Gasteiger partial charge in [-0.3, -0.25) is 9.59 Å². The molecule has 2 atom stereocenters. The van der Waals surface area contributed by atoms with Crippen molar-refractivity contribution < 1.29 is 29.3 Å². The Hall–Kier alpha value is -1.92. The van der Waals surface area contributed by atoms with E-state index in [0.717, 1.165) is 70.6 Å². The molecule has 0 aliphatic rings. The summed E-state index contributed by atoms with van der Waals surface area (Å²) >= 11 is 0. The highest BCUT2D eigenvalue weighted by Gasteiger charge is 2.12. The van der Waals surface area contributed by atoms with Crippen LogP contribution < -0.4 is 0 Å². The Bertz CT molecular complexity index is 759. The molecule has 0 aliphatic carbocycles. The zero-order valence-corrected chi connectivity index (χ0v) is 29.9. The molecular weight excluding hydrogens is 576 g/mol. The second-order valence-electron chi connectivity index (χ2n) is 12.9. The number of rotatable bonds is 34. The van der Waals surface area contributed by atoms with Crippen molar-refractivity contribution >= 4 is 11.9 Å². The van der Waals surface area contributed by atoms with Crippen LogP contribution in [0.3, 0.4) is 0 Å². The molecule has 268 valence electrons. The molecule has 6 nitrogen and oxygen atoms in total. The number of carbonyl (C=O) groups is 2. The van der Waals surface area contributed by atoms with Crippen LogP contribution in [0, 0.1) is 0 Å². The molecule has 46 heavy (non-hydrogen) atoms. The summed E-state index contributed by atoms with van der Waals surface area (Å²) in [5.74, 6) is -0.635. The molecule has 0 fully saturated rings. The monoisotopic (exact) mass is 649 g/mol. The first-order valence-corrected chi connectivity index (χ1v) is 19.1. The molecule has 0 spiro atoms. The first-order chi connectivity index (χ1) is 22.5. The van der Waals surface area contributed by atoms with Gasteiger partial charge in [-0.15, -0.1) is 0 Å². The minimum atomic E-state index is -0.993. The van der Waals surface area contributed by atoms with Crippen molar-refractivity contribution in [1.82, 2.24) is 0 Å². The number of hydrogen-bond acceptors (Lipinski definition) is 6. The van der Waals surface area contributed by atoms with Crippen molar-refractivity contribution in [1.29, 1.82) is 0 Å². The van der Waals surface area contributed by atoms with Crippen molar-refractivity contribution in [2.75, 3.05) is 13.2 Å². The smallest absolute Gasteiger partial charge is 0.305 e. The van der Waals surface area contributed by atoms with Gasteiger partial charge in [0, 0.05) is 12.8 Å². The van der Waals surface area contributed by atoms with E-state index in [-0.39, 0.29) is 25.2 Å². The maximum atomic E-state index is 12.0. The minimum absolute atomic E-state index is 0.140. The number of aliphatic hydroxyl groups is 2. The van der Waals surface area contributed by atoms with E-state index < -0.39 is 12.2 Å². The van der Waals surface area contributed by atoms with Crippen molar-refractivity contribution in [2.45, 2.75) is 193 Å². The molecule has 2 N–H and O–H groups in total. The lowest BCUT2D eigenvalue weighted by Gasteiger charge is -2.12. The molecule has 0 aromatic carbocycles. The van der Waals surface area contributed by atoms with Gasteiger partial charge in [-0.1, -0.05) is 172 Å². The lowest BCUT2D eigenvalue weighted by Crippen LogP contribution is -2.25. The number of hydrogen-bond donors (Lipinski definition) is 2. The summed E-state index contributed by atoms with van der Waals surface area (Å²) in [6.45, 7) is 4.09. The van der Waals surface area contributed by atoms with Gasteiger partial charge in [0.05, 0.1) is 6.10 Å². The van der Waals surface area contributed by atoms with E-state index in [1.165, 1.54) is 83.5 Å². The highest BCUT2D eigenvalue weighted by molar-refractivity contribution is 5.69. The van der Waals surface area contributed by atoms with Crippen LogP contribution in [0.15, 0.2) is 36.5 Å². The van der Waals surface area contributed by atoms with Crippen LogP contribution in [0.5, 0.6) is 0 Å². The Morgan fingerprint density at radius 1 is 0.543 bits per heavy atom. The predicted octanol–water partition coefficient (Wildman–Crippen LogP) is 10.6. The highest BCUT2D eigenvalue weighted by atomic mass is 16.6. The second-order valence-corrected chi connectivity index (χ2v) is 12.9. The number of aliphatic hydroxyl groups excluding tert-OH is 2. The molecule has 0 aromatic heterocycles. The van der Waals surface area contributed by atoms with E-state index in [0.29, 0.717) is 12.8 Å². The predicted molar refractivity (Wildman–Crippen MR) is 193 cm³/mol. The average molecular weight is 649 g/mol. The molecule has 0 bridgehead atoms. The Morgan fingerprint density at radius 2 is 0.978 bits per heavy atom. The van der Waals surface area contributed by atoms with Crippen LogP contribution in [-0.2, 0) is 19.1 Å². The van der Waals surface area contributed by atoms with Gasteiger partial charge in [-0.2, -0.15) is 0 Å². The molecule has 0 heterocycles. The Balaban J connectivity index is 3.51. The zero-order chi connectivity index (χ0) is 33.8. The highest BCUT2D eigenvalue weighted by Crippen LogP contribution is 2.14. The van der Waals surface area contributed by atoms with Crippen molar-refractivity contribution in [3.8, 4) is 0 Å². The summed E-state index contributed by atoms with van der Waals surface area (Å²) < 4.78 is 10.3. The van der Waals surface area contributed by atoms with Crippen molar-refractivity contribution in [3.05, 3.63) is 36.5 Å². The van der Waals surface area contributed by atoms with Gasteiger partial charge in [0.25, 0.3) is 0 Å². The Labute approximate surface area is 283 Å². The van der Waals surface area contributed by atoms with Gasteiger partial charge in [-0.05, 0) is 32.1 Å². The number of esters is 2. The largest absolute Gasteiger partial charge is 0.463 e. The van der Waals surface area contributed by atoms with Crippen LogP contribution in [0.25, 0.3) is 0 Å². The van der Waals surface area contributed by atoms with Gasteiger partial charge in [0.2, 0.25) is 0 Å². The average Bonchev–Trinajstić information content (AvgIpc) is 3.05. The summed E-state index contributed by atoms with van der Waals surface area (Å²) in [5, 5.41) is 20.0. The second kappa shape index (κ2) is 35.9. The standard InChI is InChI=1S/C40H72O6/c1-3-5-7-9-11-12-13-14-15-16-17-18-19-21-25-29-33-39(43)45-35-38(42)36-46-40(44)34-30-26-22-24-28-32-37(41)31-27-23-20-10-8-6-4-2/h6,8,20,23,27,31,37-38,41-42H,3-5,7,9-19,21-22,24-26,28-30,32-36H2,1-2H3/b8-6+,23-20+,31-27+/t37?,38-/m0/s1. The number of ether oxygens (including phenoxy) is 2. The molecule has 0 saturated carbocycles. The maximum absolute atomic E-state index is 12.0. The fourth-order valence-corrected chi connectivity index (χ4v) is 5.33. The first-order valence-electron chi connectivity index (χ1n) is 19.1. The van der Waals surface area contributed by atoms with Gasteiger partial charge >= 0.3 is 11.9 Å². The first kappa shape index (κ1) is 44.1. The Morgan fingerprint density at radius 3 is 1.43 bits per heavy atom. The van der Waals surface area contributed by atoms with E-state index in [1.54, 1.807) is 0 Å². The molecule has 0 aromatic rings. The summed E-state index contributed by atoms with van der Waals surface area (Å²) in [7, 11) is 0. The molecule has 1 unspecified atom stereocenters. The van der Waals surface area contributed by atoms with Gasteiger partial charge in [0.1, 0.15) is 19.3 Å². The molecule has 0 radical (unpaired) electrons. The molecule has 0 amide bonds. The number of unbranched alkanes of at least 4 members (excludes halogenated alkanes) is 19. The van der Waals surface area contributed by atoms with Crippen molar-refractivity contribution in [2.24, 2.45) is 0 Å². The van der Waals surface area contributed by atoms with E-state index in [4.69, 9.17) is 9.47 Å². The minimum Gasteiger partial charge on any atom is -0.463 e. The maximum Gasteiger partial charge on any atom is 0.305 e. The fraction of sp³-hybridized carbons (Fsp3) is 0.800. The quantitative estimate of drug-likeness (QED) is 0.0312.